The van der Waals surface area contributed by atoms with Crippen LogP contribution in [0.25, 0.3) is 0 Å². The third kappa shape index (κ3) is 3.08. The van der Waals surface area contributed by atoms with E-state index >= 15 is 0 Å². The molecule has 0 aliphatic carbocycles. The molecule has 88 valence electrons. The van der Waals surface area contributed by atoms with Gasteiger partial charge >= 0.3 is 0 Å². The van der Waals surface area contributed by atoms with Gasteiger partial charge in [-0.05, 0) is 29.8 Å². The molecule has 2 rings (SSSR count). The first-order chi connectivity index (χ1) is 8.16. The zero-order chi connectivity index (χ0) is 12.3. The fraction of sp³-hybridized carbons (Fsp3) is 0.0769. The van der Waals surface area contributed by atoms with Gasteiger partial charge in [0.05, 0.1) is 11.4 Å². The predicted molar refractivity (Wildman–Crippen MR) is 76.3 cm³/mol. The summed E-state index contributed by atoms with van der Waals surface area (Å²) in [6, 6.07) is 13.5. The first-order valence-corrected chi connectivity index (χ1v) is 6.54. The SMILES string of the molecule is Nc1ccc(SCc2ccccc2Cl)cc1N. The molecule has 0 aliphatic heterocycles. The van der Waals surface area contributed by atoms with Crippen LogP contribution in [0.2, 0.25) is 5.02 Å². The number of hydrogen-bond acceptors (Lipinski definition) is 3. The molecule has 2 aromatic rings. The minimum atomic E-state index is 0.618. The number of benzene rings is 2. The van der Waals surface area contributed by atoms with Gasteiger partial charge in [0.25, 0.3) is 0 Å². The standard InChI is InChI=1S/C13H13ClN2S/c14-11-4-2-1-3-9(11)8-17-10-5-6-12(15)13(16)7-10/h1-7H,8,15-16H2. The Morgan fingerprint density at radius 2 is 1.76 bits per heavy atom. The van der Waals surface area contributed by atoms with Crippen molar-refractivity contribution >= 4 is 34.7 Å². The third-order valence-electron chi connectivity index (χ3n) is 2.41. The molecule has 0 aliphatic rings. The zero-order valence-corrected chi connectivity index (χ0v) is 10.8. The highest BCUT2D eigenvalue weighted by molar-refractivity contribution is 7.98. The van der Waals surface area contributed by atoms with Gasteiger partial charge in [-0.2, -0.15) is 0 Å². The van der Waals surface area contributed by atoms with E-state index in [1.165, 1.54) is 0 Å². The molecule has 0 bridgehead atoms. The van der Waals surface area contributed by atoms with Crippen LogP contribution in [0.1, 0.15) is 5.56 Å². The first kappa shape index (κ1) is 12.1. The zero-order valence-electron chi connectivity index (χ0n) is 9.19. The van der Waals surface area contributed by atoms with Crippen molar-refractivity contribution in [2.75, 3.05) is 11.5 Å². The Hall–Kier alpha value is -1.32. The summed E-state index contributed by atoms with van der Waals surface area (Å²) in [6.45, 7) is 0. The van der Waals surface area contributed by atoms with E-state index in [1.54, 1.807) is 11.8 Å². The van der Waals surface area contributed by atoms with E-state index in [1.807, 2.05) is 42.5 Å². The topological polar surface area (TPSA) is 52.0 Å². The van der Waals surface area contributed by atoms with Crippen LogP contribution < -0.4 is 11.5 Å². The quantitative estimate of drug-likeness (QED) is 0.655. The molecule has 2 nitrogen and oxygen atoms in total. The Labute approximate surface area is 110 Å². The van der Waals surface area contributed by atoms with Crippen molar-refractivity contribution in [3.8, 4) is 0 Å². The van der Waals surface area contributed by atoms with Gasteiger partial charge in [0, 0.05) is 15.7 Å². The average Bonchev–Trinajstić information content (AvgIpc) is 2.32. The van der Waals surface area contributed by atoms with E-state index in [2.05, 4.69) is 0 Å². The molecule has 4 heteroatoms. The molecular formula is C13H13ClN2S. The normalized spacial score (nSPS) is 10.4. The highest BCUT2D eigenvalue weighted by Crippen LogP contribution is 2.29. The van der Waals surface area contributed by atoms with E-state index in [0.717, 1.165) is 21.2 Å². The van der Waals surface area contributed by atoms with Crippen LogP contribution in [0.4, 0.5) is 11.4 Å². The number of hydrogen-bond donors (Lipinski definition) is 2. The maximum atomic E-state index is 6.09. The second kappa shape index (κ2) is 5.34. The van der Waals surface area contributed by atoms with Gasteiger partial charge in [0.2, 0.25) is 0 Å². The molecule has 0 fully saturated rings. The summed E-state index contributed by atoms with van der Waals surface area (Å²) >= 11 is 7.78. The molecule has 0 spiro atoms. The fourth-order valence-corrected chi connectivity index (χ4v) is 2.65. The van der Waals surface area contributed by atoms with Crippen LogP contribution in [-0.4, -0.2) is 0 Å². The molecule has 0 saturated carbocycles. The third-order valence-corrected chi connectivity index (χ3v) is 3.82. The van der Waals surface area contributed by atoms with E-state index in [0.29, 0.717) is 11.4 Å². The first-order valence-electron chi connectivity index (χ1n) is 5.18. The molecule has 4 N–H and O–H groups in total. The van der Waals surface area contributed by atoms with Crippen molar-refractivity contribution in [1.29, 1.82) is 0 Å². The van der Waals surface area contributed by atoms with Crippen LogP contribution in [0.5, 0.6) is 0 Å². The highest BCUT2D eigenvalue weighted by atomic mass is 35.5. The van der Waals surface area contributed by atoms with Gasteiger partial charge in [0.15, 0.2) is 0 Å². The van der Waals surface area contributed by atoms with Crippen molar-refractivity contribution in [2.45, 2.75) is 10.6 Å². The summed E-state index contributed by atoms with van der Waals surface area (Å²) in [5.74, 6) is 0.822. The van der Waals surface area contributed by atoms with Crippen LogP contribution >= 0.6 is 23.4 Å². The Kier molecular flexibility index (Phi) is 3.82. The summed E-state index contributed by atoms with van der Waals surface area (Å²) < 4.78 is 0. The highest BCUT2D eigenvalue weighted by Gasteiger charge is 2.02. The number of halogens is 1. The molecule has 0 saturated heterocycles. The van der Waals surface area contributed by atoms with Crippen LogP contribution in [0.15, 0.2) is 47.4 Å². The second-order valence-electron chi connectivity index (χ2n) is 3.67. The van der Waals surface area contributed by atoms with E-state index in [4.69, 9.17) is 23.1 Å². The Balaban J connectivity index is 2.08. The van der Waals surface area contributed by atoms with Gasteiger partial charge in [-0.15, -0.1) is 11.8 Å². The molecule has 0 amide bonds. The fourth-order valence-electron chi connectivity index (χ4n) is 1.42. The number of nitrogens with two attached hydrogens (primary N) is 2. The Morgan fingerprint density at radius 3 is 2.47 bits per heavy atom. The van der Waals surface area contributed by atoms with Gasteiger partial charge in [-0.3, -0.25) is 0 Å². The lowest BCUT2D eigenvalue weighted by Crippen LogP contribution is -1.93. The van der Waals surface area contributed by atoms with Gasteiger partial charge in [-0.25, -0.2) is 0 Å². The maximum absolute atomic E-state index is 6.09. The number of thioether (sulfide) groups is 1. The van der Waals surface area contributed by atoms with Crippen LogP contribution in [0.3, 0.4) is 0 Å². The van der Waals surface area contributed by atoms with Crippen molar-refractivity contribution in [1.82, 2.24) is 0 Å². The minimum absolute atomic E-state index is 0.618. The molecular weight excluding hydrogens is 252 g/mol. The minimum Gasteiger partial charge on any atom is -0.397 e. The predicted octanol–water partition coefficient (Wildman–Crippen LogP) is 3.80. The lowest BCUT2D eigenvalue weighted by Gasteiger charge is -2.06. The number of anilines is 2. The average molecular weight is 265 g/mol. The molecule has 0 atom stereocenters. The van der Waals surface area contributed by atoms with E-state index < -0.39 is 0 Å². The Morgan fingerprint density at radius 1 is 1.00 bits per heavy atom. The van der Waals surface area contributed by atoms with Crippen molar-refractivity contribution in [3.05, 3.63) is 53.1 Å². The molecule has 2 aromatic carbocycles. The number of nitrogen functional groups attached to an aromatic ring is 2. The Bertz CT molecular complexity index is 529. The molecule has 0 heterocycles. The van der Waals surface area contributed by atoms with E-state index in [9.17, 15) is 0 Å². The smallest absolute Gasteiger partial charge is 0.0559 e. The molecule has 0 radical (unpaired) electrons. The van der Waals surface area contributed by atoms with E-state index in [-0.39, 0.29) is 0 Å². The van der Waals surface area contributed by atoms with Crippen molar-refractivity contribution < 1.29 is 0 Å². The van der Waals surface area contributed by atoms with Gasteiger partial charge in [0.1, 0.15) is 0 Å². The summed E-state index contributed by atoms with van der Waals surface area (Å²) in [4.78, 5) is 1.09. The maximum Gasteiger partial charge on any atom is 0.0559 e. The van der Waals surface area contributed by atoms with Gasteiger partial charge in [-0.1, -0.05) is 29.8 Å². The van der Waals surface area contributed by atoms with Crippen LogP contribution in [0, 0.1) is 0 Å². The van der Waals surface area contributed by atoms with Crippen molar-refractivity contribution in [2.24, 2.45) is 0 Å². The second-order valence-corrected chi connectivity index (χ2v) is 5.13. The summed E-state index contributed by atoms with van der Waals surface area (Å²) in [5, 5.41) is 0.795. The largest absolute Gasteiger partial charge is 0.397 e. The summed E-state index contributed by atoms with van der Waals surface area (Å²) in [5.41, 5.74) is 13.8. The van der Waals surface area contributed by atoms with Gasteiger partial charge < -0.3 is 11.5 Å². The van der Waals surface area contributed by atoms with Crippen LogP contribution in [-0.2, 0) is 5.75 Å². The summed E-state index contributed by atoms with van der Waals surface area (Å²) in [6.07, 6.45) is 0. The monoisotopic (exact) mass is 264 g/mol. The molecule has 17 heavy (non-hydrogen) atoms. The lowest BCUT2D eigenvalue weighted by atomic mass is 10.2. The lowest BCUT2D eigenvalue weighted by molar-refractivity contribution is 1.38. The molecule has 0 aromatic heterocycles. The van der Waals surface area contributed by atoms with Crippen molar-refractivity contribution in [3.63, 3.8) is 0 Å². The molecule has 0 unspecified atom stereocenters. The summed E-state index contributed by atoms with van der Waals surface area (Å²) in [7, 11) is 0. The number of rotatable bonds is 3.